The quantitative estimate of drug-likeness (QED) is 0.645. The van der Waals surface area contributed by atoms with Gasteiger partial charge in [-0.2, -0.15) is 5.10 Å². The Morgan fingerprint density at radius 2 is 2.11 bits per heavy atom. The van der Waals surface area contributed by atoms with Crippen molar-refractivity contribution in [1.29, 1.82) is 5.41 Å². The highest BCUT2D eigenvalue weighted by molar-refractivity contribution is 5.95. The third-order valence-electron chi connectivity index (χ3n) is 2.71. The van der Waals surface area contributed by atoms with Crippen LogP contribution in [-0.4, -0.2) is 15.6 Å². The first kappa shape index (κ1) is 12.3. The molecule has 0 atom stereocenters. The molecule has 2 aromatic rings. The third-order valence-corrected chi connectivity index (χ3v) is 2.71. The first-order chi connectivity index (χ1) is 8.49. The maximum Gasteiger partial charge on any atom is 0.149 e. The summed E-state index contributed by atoms with van der Waals surface area (Å²) in [5, 5.41) is 11.6. The molecule has 1 aromatic heterocycles. The maximum atomic E-state index is 13.9. The normalized spacial score (nSPS) is 10.9. The number of halogens is 1. The fourth-order valence-corrected chi connectivity index (χ4v) is 1.64. The zero-order valence-electron chi connectivity index (χ0n) is 10.3. The van der Waals surface area contributed by atoms with Crippen LogP contribution in [0.4, 0.5) is 4.39 Å². The van der Waals surface area contributed by atoms with Gasteiger partial charge in [-0.15, -0.1) is 0 Å². The van der Waals surface area contributed by atoms with Crippen molar-refractivity contribution in [2.75, 3.05) is 0 Å². The van der Waals surface area contributed by atoms with E-state index in [1.165, 1.54) is 10.7 Å². The van der Waals surface area contributed by atoms with Crippen LogP contribution in [0.3, 0.4) is 0 Å². The molecule has 1 heterocycles. The molecule has 0 radical (unpaired) electrons. The molecule has 18 heavy (non-hydrogen) atoms. The highest BCUT2D eigenvalue weighted by Crippen LogP contribution is 2.17. The lowest BCUT2D eigenvalue weighted by Gasteiger charge is -2.06. The van der Waals surface area contributed by atoms with Crippen molar-refractivity contribution >= 4 is 5.84 Å². The van der Waals surface area contributed by atoms with Gasteiger partial charge in [0, 0.05) is 11.8 Å². The van der Waals surface area contributed by atoms with E-state index in [-0.39, 0.29) is 5.84 Å². The average Bonchev–Trinajstić information content (AvgIpc) is 2.78. The lowest BCUT2D eigenvalue weighted by molar-refractivity contribution is 0.608. The van der Waals surface area contributed by atoms with Gasteiger partial charge in [-0.05, 0) is 30.2 Å². The van der Waals surface area contributed by atoms with Crippen LogP contribution in [0, 0.1) is 11.2 Å². The molecule has 94 valence electrons. The fourth-order valence-electron chi connectivity index (χ4n) is 1.64. The van der Waals surface area contributed by atoms with Crippen LogP contribution < -0.4 is 5.73 Å². The maximum absolute atomic E-state index is 13.9. The van der Waals surface area contributed by atoms with Crippen molar-refractivity contribution in [3.8, 4) is 5.69 Å². The molecule has 0 saturated carbocycles. The van der Waals surface area contributed by atoms with Gasteiger partial charge < -0.3 is 5.73 Å². The monoisotopic (exact) mass is 246 g/mol. The Morgan fingerprint density at radius 3 is 2.61 bits per heavy atom. The third kappa shape index (κ3) is 2.25. The summed E-state index contributed by atoms with van der Waals surface area (Å²) in [5.74, 6) is -0.296. The van der Waals surface area contributed by atoms with E-state index in [1.54, 1.807) is 18.3 Å². The van der Waals surface area contributed by atoms with E-state index in [1.807, 2.05) is 19.9 Å². The van der Waals surface area contributed by atoms with Gasteiger partial charge in [-0.3, -0.25) is 5.41 Å². The van der Waals surface area contributed by atoms with Crippen molar-refractivity contribution in [3.63, 3.8) is 0 Å². The van der Waals surface area contributed by atoms with Crippen molar-refractivity contribution in [2.24, 2.45) is 5.73 Å². The molecule has 2 rings (SSSR count). The van der Waals surface area contributed by atoms with Gasteiger partial charge in [0.15, 0.2) is 0 Å². The Kier molecular flexibility index (Phi) is 3.14. The van der Waals surface area contributed by atoms with E-state index in [9.17, 15) is 4.39 Å². The molecule has 5 heteroatoms. The van der Waals surface area contributed by atoms with Gasteiger partial charge in [0.25, 0.3) is 0 Å². The molecule has 0 aliphatic carbocycles. The summed E-state index contributed by atoms with van der Waals surface area (Å²) in [6.07, 6.45) is 1.72. The minimum atomic E-state index is -0.443. The molecule has 0 aliphatic heterocycles. The second-order valence-electron chi connectivity index (χ2n) is 4.42. The standard InChI is InChI=1S/C13H15FN4/c1-8(2)11-5-6-18(17-11)12-4-3-9(13(15)16)7-10(12)14/h3-8H,1-2H3,(H3,15,16). The predicted octanol–water partition coefficient (Wildman–Crippen LogP) is 2.42. The summed E-state index contributed by atoms with van der Waals surface area (Å²) in [4.78, 5) is 0. The Bertz CT molecular complexity index is 586. The average molecular weight is 246 g/mol. The van der Waals surface area contributed by atoms with Crippen LogP contribution in [0.25, 0.3) is 5.69 Å². The van der Waals surface area contributed by atoms with Crippen LogP contribution >= 0.6 is 0 Å². The van der Waals surface area contributed by atoms with Crippen molar-refractivity contribution in [2.45, 2.75) is 19.8 Å². The minimum absolute atomic E-state index is 0.149. The number of nitrogens with two attached hydrogens (primary N) is 1. The molecule has 0 fully saturated rings. The molecule has 3 N–H and O–H groups in total. The summed E-state index contributed by atoms with van der Waals surface area (Å²) in [6.45, 7) is 4.06. The van der Waals surface area contributed by atoms with E-state index in [4.69, 9.17) is 11.1 Å². The first-order valence-electron chi connectivity index (χ1n) is 5.69. The second kappa shape index (κ2) is 4.60. The van der Waals surface area contributed by atoms with Gasteiger partial charge in [-0.1, -0.05) is 13.8 Å². The van der Waals surface area contributed by atoms with Gasteiger partial charge in [0.05, 0.1) is 5.69 Å². The number of hydrogen-bond donors (Lipinski definition) is 2. The molecule has 1 aromatic carbocycles. The zero-order chi connectivity index (χ0) is 13.3. The van der Waals surface area contributed by atoms with Crippen LogP contribution in [0.2, 0.25) is 0 Å². The summed E-state index contributed by atoms with van der Waals surface area (Å²) in [6, 6.07) is 6.29. The molecule has 0 aliphatic rings. The minimum Gasteiger partial charge on any atom is -0.384 e. The molecule has 0 amide bonds. The lowest BCUT2D eigenvalue weighted by Crippen LogP contribution is -2.12. The molecular weight excluding hydrogens is 231 g/mol. The Labute approximate surface area is 105 Å². The Balaban J connectivity index is 2.41. The van der Waals surface area contributed by atoms with E-state index in [0.717, 1.165) is 5.69 Å². The molecular formula is C13H15FN4. The molecule has 0 saturated heterocycles. The van der Waals surface area contributed by atoms with Gasteiger partial charge >= 0.3 is 0 Å². The second-order valence-corrected chi connectivity index (χ2v) is 4.42. The van der Waals surface area contributed by atoms with Gasteiger partial charge in [0.1, 0.15) is 17.3 Å². The summed E-state index contributed by atoms with van der Waals surface area (Å²) >= 11 is 0. The number of benzene rings is 1. The van der Waals surface area contributed by atoms with E-state index < -0.39 is 5.82 Å². The van der Waals surface area contributed by atoms with Crippen LogP contribution in [0.1, 0.15) is 31.0 Å². The predicted molar refractivity (Wildman–Crippen MR) is 68.6 cm³/mol. The first-order valence-corrected chi connectivity index (χ1v) is 5.69. The summed E-state index contributed by atoms with van der Waals surface area (Å²) in [5.41, 5.74) is 6.94. The SMILES string of the molecule is CC(C)c1ccn(-c2ccc(C(=N)N)cc2F)n1. The molecule has 0 spiro atoms. The topological polar surface area (TPSA) is 67.7 Å². The van der Waals surface area contributed by atoms with Crippen LogP contribution in [0.15, 0.2) is 30.5 Å². The van der Waals surface area contributed by atoms with Crippen LogP contribution in [0.5, 0.6) is 0 Å². The number of nitrogen functional groups attached to an aromatic ring is 1. The van der Waals surface area contributed by atoms with E-state index in [2.05, 4.69) is 5.10 Å². The van der Waals surface area contributed by atoms with E-state index >= 15 is 0 Å². The number of hydrogen-bond acceptors (Lipinski definition) is 2. The largest absolute Gasteiger partial charge is 0.384 e. The number of amidine groups is 1. The van der Waals surface area contributed by atoms with Crippen molar-refractivity contribution in [3.05, 3.63) is 47.5 Å². The van der Waals surface area contributed by atoms with Gasteiger partial charge in [0.2, 0.25) is 0 Å². The van der Waals surface area contributed by atoms with Crippen LogP contribution in [-0.2, 0) is 0 Å². The number of nitrogens with zero attached hydrogens (tertiary/aromatic N) is 2. The molecule has 0 unspecified atom stereocenters. The highest BCUT2D eigenvalue weighted by Gasteiger charge is 2.10. The molecule has 0 bridgehead atoms. The van der Waals surface area contributed by atoms with Gasteiger partial charge in [-0.25, -0.2) is 9.07 Å². The Morgan fingerprint density at radius 1 is 1.39 bits per heavy atom. The Hall–Kier alpha value is -2.17. The number of nitrogens with one attached hydrogen (secondary N) is 1. The summed E-state index contributed by atoms with van der Waals surface area (Å²) < 4.78 is 15.4. The highest BCUT2D eigenvalue weighted by atomic mass is 19.1. The molecule has 4 nitrogen and oxygen atoms in total. The van der Waals surface area contributed by atoms with E-state index in [0.29, 0.717) is 17.2 Å². The number of aromatic nitrogens is 2. The zero-order valence-corrected chi connectivity index (χ0v) is 10.3. The smallest absolute Gasteiger partial charge is 0.149 e. The summed E-state index contributed by atoms with van der Waals surface area (Å²) in [7, 11) is 0. The number of rotatable bonds is 3. The van der Waals surface area contributed by atoms with Crippen molar-refractivity contribution in [1.82, 2.24) is 9.78 Å². The van der Waals surface area contributed by atoms with Crippen molar-refractivity contribution < 1.29 is 4.39 Å². The fraction of sp³-hybridized carbons (Fsp3) is 0.231. The lowest BCUT2D eigenvalue weighted by atomic mass is 10.1.